The zero-order chi connectivity index (χ0) is 35.9. The molecule has 1 aromatic carbocycles. The molecule has 13 heteroatoms. The fourth-order valence-electron chi connectivity index (χ4n) is 6.81. The highest BCUT2D eigenvalue weighted by molar-refractivity contribution is 6.37. The smallest absolute Gasteiger partial charge is 0.317 e. The summed E-state index contributed by atoms with van der Waals surface area (Å²) >= 11 is 0. The van der Waals surface area contributed by atoms with E-state index in [9.17, 15) is 28.8 Å². The summed E-state index contributed by atoms with van der Waals surface area (Å²) < 4.78 is 0. The van der Waals surface area contributed by atoms with E-state index in [1.807, 2.05) is 58.9 Å². The van der Waals surface area contributed by atoms with Gasteiger partial charge in [0, 0.05) is 32.7 Å². The third-order valence-corrected chi connectivity index (χ3v) is 9.97. The number of hydrogen-bond donors (Lipinski definition) is 5. The Morgan fingerprint density at radius 2 is 1.69 bits per heavy atom. The van der Waals surface area contributed by atoms with Crippen molar-refractivity contribution in [2.75, 3.05) is 39.3 Å². The first kappa shape index (κ1) is 37.4. The molecule has 0 radical (unpaired) electrons. The monoisotopic (exact) mass is 679 g/mol. The lowest BCUT2D eigenvalue weighted by Gasteiger charge is -2.38. The lowest BCUT2D eigenvalue weighted by atomic mass is 9.86. The Kier molecular flexibility index (Phi) is 12.5. The van der Waals surface area contributed by atoms with Crippen LogP contribution in [0.15, 0.2) is 36.9 Å². The number of rotatable bonds is 13. The van der Waals surface area contributed by atoms with E-state index >= 15 is 0 Å². The third kappa shape index (κ3) is 9.60. The van der Waals surface area contributed by atoms with E-state index in [1.165, 1.54) is 11.0 Å². The van der Waals surface area contributed by atoms with Gasteiger partial charge in [0.25, 0.3) is 5.91 Å². The Bertz CT molecular complexity index is 1400. The molecule has 4 rings (SSSR count). The second kappa shape index (κ2) is 16.3. The normalized spacial score (nSPS) is 20.6. The molecule has 3 aliphatic rings. The van der Waals surface area contributed by atoms with Gasteiger partial charge in [0.1, 0.15) is 12.1 Å². The van der Waals surface area contributed by atoms with Crippen molar-refractivity contribution in [2.45, 2.75) is 78.4 Å². The van der Waals surface area contributed by atoms with Gasteiger partial charge in [0.15, 0.2) is 0 Å². The molecule has 1 aliphatic carbocycles. The van der Waals surface area contributed by atoms with Gasteiger partial charge in [0.05, 0.1) is 12.6 Å². The standard InChI is InChI=1S/C36H53N7O6/c1-7-13-37-32(46)28(44)19-39-31(45)27-18-26(22(2)3)20-43(27)33(47)30(25-16-23-11-8-9-12-24(23)17-25)41-34(48)40-29(36(4,5)6)21-42-15-10-14-38-35(42)49/h7-9,11-12,22,25-27,29-30H,1,10,13-21H2,2-6H3,(H,37,46)(H,38,49)(H,39,45)(H2,40,41,48)/t26-,27+,29-,30+/m1/s1. The fourth-order valence-corrected chi connectivity index (χ4v) is 6.81. The molecular weight excluding hydrogens is 626 g/mol. The maximum Gasteiger partial charge on any atom is 0.317 e. The summed E-state index contributed by atoms with van der Waals surface area (Å²) in [7, 11) is 0. The van der Waals surface area contributed by atoms with Crippen LogP contribution in [0.2, 0.25) is 0 Å². The number of ketones is 1. The second-order valence-electron chi connectivity index (χ2n) is 14.9. The molecule has 2 fully saturated rings. The number of fused-ring (bicyclic) bond motifs is 1. The maximum absolute atomic E-state index is 14.6. The summed E-state index contributed by atoms with van der Waals surface area (Å²) in [5.74, 6) is -2.59. The minimum Gasteiger partial charge on any atom is -0.347 e. The van der Waals surface area contributed by atoms with E-state index in [4.69, 9.17) is 0 Å². The number of carbonyl (C=O) groups is 6. The first-order valence-electron chi connectivity index (χ1n) is 17.4. The number of likely N-dealkylation sites (tertiary alicyclic amines) is 1. The Morgan fingerprint density at radius 3 is 2.29 bits per heavy atom. The van der Waals surface area contributed by atoms with Crippen molar-refractivity contribution in [3.05, 3.63) is 48.0 Å². The van der Waals surface area contributed by atoms with Crippen molar-refractivity contribution in [3.63, 3.8) is 0 Å². The molecular formula is C36H53N7O6. The van der Waals surface area contributed by atoms with E-state index in [0.29, 0.717) is 45.4 Å². The van der Waals surface area contributed by atoms with Crippen LogP contribution in [0.25, 0.3) is 0 Å². The minimum absolute atomic E-state index is 0.0162. The second-order valence-corrected chi connectivity index (χ2v) is 14.9. The molecule has 2 aliphatic heterocycles. The van der Waals surface area contributed by atoms with Gasteiger partial charge >= 0.3 is 12.1 Å². The van der Waals surface area contributed by atoms with Crippen LogP contribution >= 0.6 is 0 Å². The van der Waals surface area contributed by atoms with E-state index in [-0.39, 0.29) is 36.2 Å². The number of carbonyl (C=O) groups excluding carboxylic acids is 6. The average Bonchev–Trinajstić information content (AvgIpc) is 3.70. The summed E-state index contributed by atoms with van der Waals surface area (Å²) in [5.41, 5.74) is 1.82. The van der Waals surface area contributed by atoms with E-state index in [1.54, 1.807) is 4.90 Å². The molecule has 0 unspecified atom stereocenters. The van der Waals surface area contributed by atoms with Crippen molar-refractivity contribution in [1.29, 1.82) is 0 Å². The van der Waals surface area contributed by atoms with Crippen LogP contribution in [0.1, 0.15) is 58.6 Å². The van der Waals surface area contributed by atoms with E-state index in [0.717, 1.165) is 17.5 Å². The number of benzene rings is 1. The zero-order valence-electron chi connectivity index (χ0n) is 29.5. The molecule has 0 aromatic heterocycles. The average molecular weight is 680 g/mol. The van der Waals surface area contributed by atoms with Gasteiger partial charge in [-0.1, -0.05) is 65.0 Å². The molecule has 2 heterocycles. The Morgan fingerprint density at radius 1 is 1.02 bits per heavy atom. The molecule has 0 spiro atoms. The van der Waals surface area contributed by atoms with Crippen LogP contribution in [0.5, 0.6) is 0 Å². The quantitative estimate of drug-likeness (QED) is 0.157. The molecule has 268 valence electrons. The van der Waals surface area contributed by atoms with E-state index in [2.05, 4.69) is 33.2 Å². The molecule has 13 nitrogen and oxygen atoms in total. The summed E-state index contributed by atoms with van der Waals surface area (Å²) in [5, 5.41) is 13.9. The number of amides is 7. The first-order chi connectivity index (χ1) is 23.2. The summed E-state index contributed by atoms with van der Waals surface area (Å²) in [6.07, 6.45) is 3.81. The molecule has 0 bridgehead atoms. The number of hydrogen-bond acceptors (Lipinski definition) is 6. The molecule has 1 aromatic rings. The van der Waals surface area contributed by atoms with Crippen LogP contribution in [0.3, 0.4) is 0 Å². The van der Waals surface area contributed by atoms with Crippen molar-refractivity contribution >= 4 is 35.6 Å². The summed E-state index contributed by atoms with van der Waals surface area (Å²) in [6, 6.07) is 5.04. The molecule has 4 atom stereocenters. The molecule has 0 saturated carbocycles. The van der Waals surface area contributed by atoms with Gasteiger partial charge in [0.2, 0.25) is 17.6 Å². The summed E-state index contributed by atoms with van der Waals surface area (Å²) in [6.45, 7) is 15.0. The Hall–Kier alpha value is -4.42. The number of nitrogens with one attached hydrogen (secondary N) is 5. The van der Waals surface area contributed by atoms with Crippen molar-refractivity contribution in [3.8, 4) is 0 Å². The predicted molar refractivity (Wildman–Crippen MR) is 185 cm³/mol. The van der Waals surface area contributed by atoms with Gasteiger partial charge < -0.3 is 36.4 Å². The van der Waals surface area contributed by atoms with Crippen LogP contribution in [0, 0.1) is 23.2 Å². The predicted octanol–water partition coefficient (Wildman–Crippen LogP) is 1.76. The molecule has 49 heavy (non-hydrogen) atoms. The van der Waals surface area contributed by atoms with Gasteiger partial charge in [-0.2, -0.15) is 0 Å². The highest BCUT2D eigenvalue weighted by Gasteiger charge is 2.46. The Labute approximate surface area is 289 Å². The fraction of sp³-hybridized carbons (Fsp3) is 0.611. The number of nitrogens with zero attached hydrogens (tertiary/aromatic N) is 2. The SMILES string of the molecule is C=CCNC(=O)C(=O)CNC(=O)[C@@H]1C[C@@H](C(C)C)CN1C(=O)[C@@H](NC(=O)N[C@H](CN1CCCNC1=O)C(C)(C)C)C1Cc2ccccc2C1. The Balaban J connectivity index is 1.55. The van der Waals surface area contributed by atoms with Crippen LogP contribution in [0.4, 0.5) is 9.59 Å². The minimum atomic E-state index is -0.946. The van der Waals surface area contributed by atoms with Crippen LogP contribution in [-0.4, -0.2) is 103 Å². The van der Waals surface area contributed by atoms with Crippen molar-refractivity contribution < 1.29 is 28.8 Å². The number of Topliss-reactive ketones (excluding diaryl/α,β-unsaturated/α-hetero) is 1. The largest absolute Gasteiger partial charge is 0.347 e. The van der Waals surface area contributed by atoms with Gasteiger partial charge in [-0.15, -0.1) is 6.58 Å². The van der Waals surface area contributed by atoms with E-state index < -0.39 is 53.7 Å². The zero-order valence-corrected chi connectivity index (χ0v) is 29.5. The van der Waals surface area contributed by atoms with Crippen LogP contribution in [-0.2, 0) is 32.0 Å². The van der Waals surface area contributed by atoms with Gasteiger partial charge in [-0.05, 0) is 60.0 Å². The highest BCUT2D eigenvalue weighted by Crippen LogP contribution is 2.34. The van der Waals surface area contributed by atoms with Gasteiger partial charge in [-0.3, -0.25) is 19.2 Å². The molecule has 7 amide bonds. The summed E-state index contributed by atoms with van der Waals surface area (Å²) in [4.78, 5) is 82.1. The van der Waals surface area contributed by atoms with Crippen LogP contribution < -0.4 is 26.6 Å². The van der Waals surface area contributed by atoms with Gasteiger partial charge in [-0.25, -0.2) is 9.59 Å². The molecule has 2 saturated heterocycles. The third-order valence-electron chi connectivity index (χ3n) is 9.97. The lowest BCUT2D eigenvalue weighted by Crippen LogP contribution is -2.61. The topological polar surface area (TPSA) is 169 Å². The first-order valence-corrected chi connectivity index (χ1v) is 17.4. The highest BCUT2D eigenvalue weighted by atomic mass is 16.2. The van der Waals surface area contributed by atoms with Crippen molar-refractivity contribution in [2.24, 2.45) is 23.2 Å². The maximum atomic E-state index is 14.6. The molecule has 5 N–H and O–H groups in total. The number of urea groups is 2. The lowest BCUT2D eigenvalue weighted by molar-refractivity contribution is -0.142. The van der Waals surface area contributed by atoms with Crippen molar-refractivity contribution in [1.82, 2.24) is 36.4 Å².